The molecule has 1 saturated heterocycles. The molecule has 0 spiro atoms. The Balaban J connectivity index is 2.34. The van der Waals surface area contributed by atoms with Crippen LogP contribution in [0.1, 0.15) is 18.9 Å². The molecule has 2 rings (SSSR count). The molecule has 1 atom stereocenters. The molecule has 0 amide bonds. The van der Waals surface area contributed by atoms with Gasteiger partial charge >= 0.3 is 5.97 Å². The Labute approximate surface area is 107 Å². The Morgan fingerprint density at radius 3 is 2.67 bits per heavy atom. The summed E-state index contributed by atoms with van der Waals surface area (Å²) in [4.78, 5) is 13.7. The highest BCUT2D eigenvalue weighted by atomic mass is 16.5. The largest absolute Gasteiger partial charge is 0.480 e. The highest BCUT2D eigenvalue weighted by Crippen LogP contribution is 2.29. The molecule has 1 N–H and O–H groups in total. The first-order chi connectivity index (χ1) is 8.65. The van der Waals surface area contributed by atoms with E-state index >= 15 is 0 Å². The number of carbonyl (C=O) groups is 1. The summed E-state index contributed by atoms with van der Waals surface area (Å²) in [5.41, 5.74) is -0.158. The van der Waals surface area contributed by atoms with Gasteiger partial charge in [0.25, 0.3) is 0 Å². The average molecular weight is 249 g/mol. The van der Waals surface area contributed by atoms with E-state index in [0.29, 0.717) is 19.8 Å². The Morgan fingerprint density at radius 2 is 2.00 bits per heavy atom. The van der Waals surface area contributed by atoms with Crippen LogP contribution in [-0.4, -0.2) is 42.3 Å². The number of benzene rings is 1. The van der Waals surface area contributed by atoms with Crippen molar-refractivity contribution in [1.29, 1.82) is 0 Å². The standard InChI is InChI=1S/C14H19NO3/c1-14(13(16)17,12-6-3-2-4-7-12)15-8-5-10-18-11-9-15/h2-4,6-7H,5,8-11H2,1H3,(H,16,17). The van der Waals surface area contributed by atoms with Crippen molar-refractivity contribution < 1.29 is 14.6 Å². The van der Waals surface area contributed by atoms with E-state index in [1.54, 1.807) is 6.92 Å². The van der Waals surface area contributed by atoms with Crippen molar-refractivity contribution in [3.8, 4) is 0 Å². The zero-order valence-electron chi connectivity index (χ0n) is 10.6. The molecule has 1 heterocycles. The summed E-state index contributed by atoms with van der Waals surface area (Å²) in [5.74, 6) is -0.810. The number of hydrogen-bond donors (Lipinski definition) is 1. The van der Waals surface area contributed by atoms with Crippen molar-refractivity contribution in [1.82, 2.24) is 4.90 Å². The van der Waals surface area contributed by atoms with Gasteiger partial charge < -0.3 is 9.84 Å². The van der Waals surface area contributed by atoms with Crippen molar-refractivity contribution in [3.63, 3.8) is 0 Å². The van der Waals surface area contributed by atoms with E-state index in [-0.39, 0.29) is 0 Å². The number of carboxylic acid groups (broad SMARTS) is 1. The SMILES string of the molecule is CC(C(=O)O)(c1ccccc1)N1CCCOCC1. The van der Waals surface area contributed by atoms with E-state index in [0.717, 1.165) is 18.5 Å². The molecule has 1 aliphatic rings. The summed E-state index contributed by atoms with van der Waals surface area (Å²) in [5, 5.41) is 9.65. The zero-order chi connectivity index (χ0) is 13.0. The molecular weight excluding hydrogens is 230 g/mol. The van der Waals surface area contributed by atoms with Gasteiger partial charge in [-0.2, -0.15) is 0 Å². The van der Waals surface area contributed by atoms with Crippen LogP contribution in [0.3, 0.4) is 0 Å². The van der Waals surface area contributed by atoms with Gasteiger partial charge in [-0.1, -0.05) is 30.3 Å². The van der Waals surface area contributed by atoms with Gasteiger partial charge in [0.15, 0.2) is 0 Å². The molecule has 1 aromatic rings. The van der Waals surface area contributed by atoms with Crippen LogP contribution in [0, 0.1) is 0 Å². The lowest BCUT2D eigenvalue weighted by Crippen LogP contribution is -2.50. The molecule has 4 heteroatoms. The highest BCUT2D eigenvalue weighted by Gasteiger charge is 2.41. The maximum atomic E-state index is 11.8. The molecule has 0 aromatic heterocycles. The molecule has 0 aliphatic carbocycles. The van der Waals surface area contributed by atoms with Crippen LogP contribution in [0.5, 0.6) is 0 Å². The second kappa shape index (κ2) is 5.50. The summed E-state index contributed by atoms with van der Waals surface area (Å²) >= 11 is 0. The minimum Gasteiger partial charge on any atom is -0.480 e. The lowest BCUT2D eigenvalue weighted by molar-refractivity contribution is -0.151. The summed E-state index contributed by atoms with van der Waals surface area (Å²) in [6, 6.07) is 9.41. The first-order valence-corrected chi connectivity index (χ1v) is 6.27. The van der Waals surface area contributed by atoms with Gasteiger partial charge in [0.05, 0.1) is 6.61 Å². The van der Waals surface area contributed by atoms with Gasteiger partial charge in [0.2, 0.25) is 0 Å². The maximum Gasteiger partial charge on any atom is 0.328 e. The van der Waals surface area contributed by atoms with E-state index < -0.39 is 11.5 Å². The van der Waals surface area contributed by atoms with E-state index in [4.69, 9.17) is 4.74 Å². The average Bonchev–Trinajstić information content (AvgIpc) is 2.67. The summed E-state index contributed by atoms with van der Waals surface area (Å²) in [6.07, 6.45) is 0.871. The third-order valence-corrected chi connectivity index (χ3v) is 3.61. The predicted molar refractivity (Wildman–Crippen MR) is 68.4 cm³/mol. The van der Waals surface area contributed by atoms with Crippen LogP contribution in [-0.2, 0) is 15.1 Å². The van der Waals surface area contributed by atoms with Crippen LogP contribution < -0.4 is 0 Å². The van der Waals surface area contributed by atoms with Crippen molar-refractivity contribution in [2.75, 3.05) is 26.3 Å². The topological polar surface area (TPSA) is 49.8 Å². The Hall–Kier alpha value is -1.39. The van der Waals surface area contributed by atoms with Crippen LogP contribution >= 0.6 is 0 Å². The van der Waals surface area contributed by atoms with Crippen LogP contribution in [0.25, 0.3) is 0 Å². The minimum atomic E-state index is -0.977. The molecule has 1 unspecified atom stereocenters. The van der Waals surface area contributed by atoms with E-state index in [9.17, 15) is 9.90 Å². The van der Waals surface area contributed by atoms with Crippen molar-refractivity contribution >= 4 is 5.97 Å². The Bertz CT molecular complexity index is 399. The second-order valence-corrected chi connectivity index (χ2v) is 4.70. The van der Waals surface area contributed by atoms with Gasteiger partial charge in [0.1, 0.15) is 5.54 Å². The van der Waals surface area contributed by atoms with E-state index in [1.807, 2.05) is 35.2 Å². The Kier molecular flexibility index (Phi) is 3.99. The monoisotopic (exact) mass is 249 g/mol. The fourth-order valence-electron chi connectivity index (χ4n) is 2.40. The third kappa shape index (κ3) is 2.40. The fraction of sp³-hybridized carbons (Fsp3) is 0.500. The zero-order valence-corrected chi connectivity index (χ0v) is 10.6. The number of carboxylic acids is 1. The van der Waals surface area contributed by atoms with Gasteiger partial charge in [-0.15, -0.1) is 0 Å². The third-order valence-electron chi connectivity index (χ3n) is 3.61. The summed E-state index contributed by atoms with van der Waals surface area (Å²) < 4.78 is 5.40. The molecule has 0 saturated carbocycles. The fourth-order valence-corrected chi connectivity index (χ4v) is 2.40. The highest BCUT2D eigenvalue weighted by molar-refractivity contribution is 5.80. The van der Waals surface area contributed by atoms with E-state index in [1.165, 1.54) is 0 Å². The lowest BCUT2D eigenvalue weighted by Gasteiger charge is -2.37. The quantitative estimate of drug-likeness (QED) is 0.886. The minimum absolute atomic E-state index is 0.593. The summed E-state index contributed by atoms with van der Waals surface area (Å²) in [7, 11) is 0. The number of hydrogen-bond acceptors (Lipinski definition) is 3. The number of ether oxygens (including phenoxy) is 1. The van der Waals surface area contributed by atoms with Crippen molar-refractivity contribution in [2.45, 2.75) is 18.9 Å². The number of aliphatic carboxylic acids is 1. The van der Waals surface area contributed by atoms with Crippen LogP contribution in [0.4, 0.5) is 0 Å². The molecule has 18 heavy (non-hydrogen) atoms. The van der Waals surface area contributed by atoms with Crippen molar-refractivity contribution in [3.05, 3.63) is 35.9 Å². The summed E-state index contributed by atoms with van der Waals surface area (Å²) in [6.45, 7) is 4.47. The Morgan fingerprint density at radius 1 is 1.28 bits per heavy atom. The number of nitrogens with zero attached hydrogens (tertiary/aromatic N) is 1. The molecule has 0 bridgehead atoms. The van der Waals surface area contributed by atoms with Gasteiger partial charge in [-0.05, 0) is 18.9 Å². The van der Waals surface area contributed by atoms with Crippen LogP contribution in [0.2, 0.25) is 0 Å². The molecule has 1 fully saturated rings. The van der Waals surface area contributed by atoms with Crippen molar-refractivity contribution in [2.24, 2.45) is 0 Å². The first-order valence-electron chi connectivity index (χ1n) is 6.27. The molecule has 1 aliphatic heterocycles. The van der Waals surface area contributed by atoms with Crippen LogP contribution in [0.15, 0.2) is 30.3 Å². The first kappa shape index (κ1) is 13.1. The second-order valence-electron chi connectivity index (χ2n) is 4.70. The lowest BCUT2D eigenvalue weighted by atomic mass is 9.90. The number of rotatable bonds is 3. The molecule has 0 radical (unpaired) electrons. The smallest absolute Gasteiger partial charge is 0.328 e. The predicted octanol–water partition coefficient (Wildman–Crippen LogP) is 1.71. The van der Waals surface area contributed by atoms with E-state index in [2.05, 4.69) is 0 Å². The maximum absolute atomic E-state index is 11.8. The van der Waals surface area contributed by atoms with Gasteiger partial charge in [-0.25, -0.2) is 4.79 Å². The molecule has 4 nitrogen and oxygen atoms in total. The molecule has 98 valence electrons. The van der Waals surface area contributed by atoms with Gasteiger partial charge in [-0.3, -0.25) is 4.90 Å². The molecule has 1 aromatic carbocycles. The van der Waals surface area contributed by atoms with Gasteiger partial charge in [0, 0.05) is 19.7 Å². The normalized spacial score (nSPS) is 20.9. The molecular formula is C14H19NO3.